The molecule has 13 heteroatoms. The Labute approximate surface area is 244 Å². The molecule has 0 bridgehead atoms. The summed E-state index contributed by atoms with van der Waals surface area (Å²) in [6, 6.07) is 3.31. The number of amides is 2. The maximum absolute atomic E-state index is 16.0. The maximum Gasteiger partial charge on any atom is 0.285 e. The van der Waals surface area contributed by atoms with Gasteiger partial charge >= 0.3 is 0 Å². The monoisotopic (exact) mass is 589 g/mol. The highest BCUT2D eigenvalue weighted by Crippen LogP contribution is 2.43. The van der Waals surface area contributed by atoms with Crippen LogP contribution in [0.25, 0.3) is 28.2 Å². The van der Waals surface area contributed by atoms with Crippen LogP contribution < -0.4 is 15.4 Å². The van der Waals surface area contributed by atoms with Gasteiger partial charge in [0.15, 0.2) is 11.5 Å². The number of nitrogens with zero attached hydrogens (tertiary/aromatic N) is 7. The Morgan fingerprint density at radius 3 is 2.58 bits per heavy atom. The number of hydrogen-bond donors (Lipinski definition) is 1. The number of halogens is 2. The Kier molecular flexibility index (Phi) is 6.55. The van der Waals surface area contributed by atoms with Gasteiger partial charge in [-0.15, -0.1) is 0 Å². The Hall–Kier alpha value is -5.07. The lowest BCUT2D eigenvalue weighted by Crippen LogP contribution is -2.66. The molecule has 11 nitrogen and oxygen atoms in total. The van der Waals surface area contributed by atoms with Crippen molar-refractivity contribution < 1.29 is 23.5 Å². The van der Waals surface area contributed by atoms with Crippen molar-refractivity contribution >= 4 is 34.2 Å². The SMILES string of the molecule is C=CC(=O)N1C[C@@H]2C(=O)N(C)c3c(c4cc(F)c(-c5c(O)cccc5F)nc4n(-c4nccn4C(C)C)c3=O)N2C[C@H]1C. The molecule has 0 saturated carbocycles. The summed E-state index contributed by atoms with van der Waals surface area (Å²) in [6.45, 7) is 9.32. The van der Waals surface area contributed by atoms with Crippen LogP contribution in [0.5, 0.6) is 5.75 Å². The minimum absolute atomic E-state index is 0.00885. The first kappa shape index (κ1) is 28.1. The van der Waals surface area contributed by atoms with Gasteiger partial charge in [0.1, 0.15) is 29.0 Å². The van der Waals surface area contributed by atoms with Crippen LogP contribution in [0.3, 0.4) is 0 Å². The van der Waals surface area contributed by atoms with E-state index in [-0.39, 0.29) is 59.4 Å². The third-order valence-electron chi connectivity index (χ3n) is 8.12. The number of aromatic hydroxyl groups is 1. The number of hydrogen-bond acceptors (Lipinski definition) is 7. The summed E-state index contributed by atoms with van der Waals surface area (Å²) in [6.07, 6.45) is 4.36. The molecule has 2 amide bonds. The van der Waals surface area contributed by atoms with Crippen molar-refractivity contribution in [3.8, 4) is 23.0 Å². The Morgan fingerprint density at radius 1 is 1.16 bits per heavy atom. The normalized spacial score (nSPS) is 18.3. The molecule has 43 heavy (non-hydrogen) atoms. The largest absolute Gasteiger partial charge is 0.507 e. The van der Waals surface area contributed by atoms with Gasteiger partial charge in [-0.1, -0.05) is 12.6 Å². The van der Waals surface area contributed by atoms with Crippen molar-refractivity contribution in [3.63, 3.8) is 0 Å². The topological polar surface area (TPSA) is 117 Å². The first-order valence-electron chi connectivity index (χ1n) is 13.7. The van der Waals surface area contributed by atoms with E-state index >= 15 is 4.39 Å². The number of carbonyl (C=O) groups excluding carboxylic acids is 2. The van der Waals surface area contributed by atoms with Gasteiger partial charge in [0, 0.05) is 43.5 Å². The number of carbonyl (C=O) groups is 2. The third-order valence-corrected chi connectivity index (χ3v) is 8.12. The number of phenolic OH excluding ortho intramolecular Hbond substituents is 1. The number of phenols is 1. The van der Waals surface area contributed by atoms with Crippen LogP contribution in [0.4, 0.5) is 20.2 Å². The summed E-state index contributed by atoms with van der Waals surface area (Å²) in [5.41, 5.74) is -1.39. The van der Waals surface area contributed by atoms with Gasteiger partial charge in [-0.25, -0.2) is 23.3 Å². The zero-order valence-corrected chi connectivity index (χ0v) is 24.0. The molecule has 6 rings (SSSR count). The van der Waals surface area contributed by atoms with Crippen LogP contribution in [0.15, 0.2) is 54.1 Å². The molecule has 0 spiro atoms. The molecule has 1 fully saturated rings. The van der Waals surface area contributed by atoms with E-state index in [4.69, 9.17) is 0 Å². The van der Waals surface area contributed by atoms with Gasteiger partial charge in [0.05, 0.1) is 17.8 Å². The predicted octanol–water partition coefficient (Wildman–Crippen LogP) is 3.38. The van der Waals surface area contributed by atoms with E-state index < -0.39 is 46.1 Å². The van der Waals surface area contributed by atoms with Crippen molar-refractivity contribution in [1.82, 2.24) is 24.0 Å². The summed E-state index contributed by atoms with van der Waals surface area (Å²) < 4.78 is 33.9. The summed E-state index contributed by atoms with van der Waals surface area (Å²) in [4.78, 5) is 54.1. The van der Waals surface area contributed by atoms with Crippen LogP contribution in [0.1, 0.15) is 26.8 Å². The molecule has 0 radical (unpaired) electrons. The van der Waals surface area contributed by atoms with Crippen LogP contribution >= 0.6 is 0 Å². The van der Waals surface area contributed by atoms with Crippen molar-refractivity contribution in [3.05, 3.63) is 71.3 Å². The van der Waals surface area contributed by atoms with Crippen molar-refractivity contribution in [1.29, 1.82) is 0 Å². The van der Waals surface area contributed by atoms with Crippen LogP contribution in [0.2, 0.25) is 0 Å². The molecular formula is C30H29F2N7O4. The van der Waals surface area contributed by atoms with E-state index in [1.165, 1.54) is 45.8 Å². The van der Waals surface area contributed by atoms with E-state index in [1.54, 1.807) is 22.6 Å². The zero-order valence-electron chi connectivity index (χ0n) is 24.0. The summed E-state index contributed by atoms with van der Waals surface area (Å²) in [5.74, 6) is -2.97. The van der Waals surface area contributed by atoms with E-state index in [9.17, 15) is 23.9 Å². The first-order valence-corrected chi connectivity index (χ1v) is 13.7. The van der Waals surface area contributed by atoms with Crippen LogP contribution in [0, 0.1) is 11.6 Å². The lowest BCUT2D eigenvalue weighted by molar-refractivity contribution is -0.130. The van der Waals surface area contributed by atoms with E-state index in [0.29, 0.717) is 0 Å². The fraction of sp³-hybridized carbons (Fsp3) is 0.300. The third kappa shape index (κ3) is 4.09. The molecule has 222 valence electrons. The number of likely N-dealkylation sites (N-methyl/N-ethyl adjacent to an activating group) is 1. The molecule has 1 aromatic carbocycles. The number of fused-ring (bicyclic) bond motifs is 5. The minimum atomic E-state index is -0.947. The smallest absolute Gasteiger partial charge is 0.285 e. The van der Waals surface area contributed by atoms with Gasteiger partial charge in [0.25, 0.3) is 11.5 Å². The summed E-state index contributed by atoms with van der Waals surface area (Å²) >= 11 is 0. The van der Waals surface area contributed by atoms with Crippen molar-refractivity contribution in [2.24, 2.45) is 0 Å². The molecule has 2 aliphatic rings. The van der Waals surface area contributed by atoms with Crippen molar-refractivity contribution in [2.75, 3.05) is 29.9 Å². The number of anilines is 2. The zero-order chi connectivity index (χ0) is 30.9. The molecule has 2 atom stereocenters. The quantitative estimate of drug-likeness (QED) is 0.363. The fourth-order valence-corrected chi connectivity index (χ4v) is 6.03. The molecule has 3 aromatic heterocycles. The van der Waals surface area contributed by atoms with E-state index in [1.807, 2.05) is 13.8 Å². The maximum atomic E-state index is 16.0. The molecule has 1 N–H and O–H groups in total. The number of benzene rings is 1. The average Bonchev–Trinajstić information content (AvgIpc) is 3.45. The Bertz CT molecular complexity index is 1880. The highest BCUT2D eigenvalue weighted by atomic mass is 19.1. The standard InChI is InChI=1S/C30H29F2N7O4/c1-6-22(41)37-14-20-28(42)35(5)26-25(38(20)13-16(37)4)17-12-19(32)24(23-18(31)8-7-9-21(23)40)34-27(17)39(29(26)43)30-33-10-11-36(30)15(2)3/h6-12,15-16,20,40H,1,13-14H2,2-5H3/t16-,20-/m1/s1. The average molecular weight is 590 g/mol. The van der Waals surface area contributed by atoms with Gasteiger partial charge in [-0.3, -0.25) is 14.4 Å². The van der Waals surface area contributed by atoms with E-state index in [2.05, 4.69) is 16.5 Å². The Morgan fingerprint density at radius 2 is 1.91 bits per heavy atom. The molecule has 0 unspecified atom stereocenters. The van der Waals surface area contributed by atoms with Gasteiger partial charge in [-0.2, -0.15) is 0 Å². The number of imidazole rings is 1. The predicted molar refractivity (Wildman–Crippen MR) is 156 cm³/mol. The van der Waals surface area contributed by atoms with Crippen LogP contribution in [-0.4, -0.2) is 73.1 Å². The minimum Gasteiger partial charge on any atom is -0.507 e. The summed E-state index contributed by atoms with van der Waals surface area (Å²) in [5, 5.41) is 10.6. The molecule has 0 aliphatic carbocycles. The van der Waals surface area contributed by atoms with Gasteiger partial charge in [0.2, 0.25) is 11.9 Å². The number of pyridine rings is 2. The van der Waals surface area contributed by atoms with Gasteiger partial charge < -0.3 is 24.4 Å². The molecule has 1 saturated heterocycles. The molecule has 5 heterocycles. The molecule has 4 aromatic rings. The highest BCUT2D eigenvalue weighted by Gasteiger charge is 2.46. The Balaban J connectivity index is 1.72. The van der Waals surface area contributed by atoms with Gasteiger partial charge in [-0.05, 0) is 45.0 Å². The second kappa shape index (κ2) is 10.0. The van der Waals surface area contributed by atoms with Crippen LogP contribution in [-0.2, 0) is 9.59 Å². The molecular weight excluding hydrogens is 560 g/mol. The number of piperazine rings is 1. The highest BCUT2D eigenvalue weighted by molar-refractivity contribution is 6.12. The number of rotatable bonds is 4. The molecule has 2 aliphatic heterocycles. The number of aromatic nitrogens is 4. The lowest BCUT2D eigenvalue weighted by atomic mass is 9.98. The second-order valence-electron chi connectivity index (χ2n) is 11.0. The van der Waals surface area contributed by atoms with E-state index in [0.717, 1.165) is 12.1 Å². The lowest BCUT2D eigenvalue weighted by Gasteiger charge is -2.49. The van der Waals surface area contributed by atoms with Crippen molar-refractivity contribution in [2.45, 2.75) is 38.9 Å². The first-order chi connectivity index (χ1) is 20.5. The summed E-state index contributed by atoms with van der Waals surface area (Å²) in [7, 11) is 1.46. The fourth-order valence-electron chi connectivity index (χ4n) is 6.03. The second-order valence-corrected chi connectivity index (χ2v) is 11.0.